The van der Waals surface area contributed by atoms with Crippen molar-refractivity contribution in [3.63, 3.8) is 0 Å². The van der Waals surface area contributed by atoms with Gasteiger partial charge in [0.1, 0.15) is 0 Å². The first kappa shape index (κ1) is 17.9. The van der Waals surface area contributed by atoms with Crippen LogP contribution in [0.15, 0.2) is 36.7 Å². The van der Waals surface area contributed by atoms with Gasteiger partial charge >= 0.3 is 0 Å². The molecule has 1 atom stereocenters. The molecule has 3 aromatic rings. The lowest BCUT2D eigenvalue weighted by Crippen LogP contribution is -2.30. The second-order valence-electron chi connectivity index (χ2n) is 7.67. The number of carbonyl (C=O) groups excluding carboxylic acids is 1. The molecular weight excluding hydrogens is 368 g/mol. The van der Waals surface area contributed by atoms with E-state index in [9.17, 15) is 4.79 Å². The van der Waals surface area contributed by atoms with Gasteiger partial charge < -0.3 is 15.0 Å². The molecule has 0 saturated carbocycles. The summed E-state index contributed by atoms with van der Waals surface area (Å²) in [5, 5.41) is 12.6. The normalized spacial score (nSPS) is 18.7. The van der Waals surface area contributed by atoms with E-state index in [1.807, 2.05) is 31.6 Å². The van der Waals surface area contributed by atoms with Crippen LogP contribution in [0.25, 0.3) is 11.1 Å². The molecule has 1 N–H and O–H groups in total. The lowest BCUT2D eigenvalue weighted by Gasteiger charge is -2.25. The van der Waals surface area contributed by atoms with E-state index in [1.165, 1.54) is 5.69 Å². The van der Waals surface area contributed by atoms with Crippen molar-refractivity contribution in [2.75, 3.05) is 25.1 Å². The van der Waals surface area contributed by atoms with Gasteiger partial charge in [0.25, 0.3) is 0 Å². The third-order valence-electron chi connectivity index (χ3n) is 5.70. The van der Waals surface area contributed by atoms with Gasteiger partial charge in [0, 0.05) is 55.3 Å². The van der Waals surface area contributed by atoms with Gasteiger partial charge in [-0.15, -0.1) is 0 Å². The maximum Gasteiger partial charge on any atom is 0.210 e. The fraction of sp³-hybridized carbons (Fsp3) is 0.381. The van der Waals surface area contributed by atoms with Crippen LogP contribution in [0.3, 0.4) is 0 Å². The van der Waals surface area contributed by atoms with Gasteiger partial charge in [-0.2, -0.15) is 10.2 Å². The van der Waals surface area contributed by atoms with Gasteiger partial charge in [0.15, 0.2) is 5.82 Å². The number of hydrogen-bond acceptors (Lipinski definition) is 5. The molecule has 4 heterocycles. The fourth-order valence-corrected chi connectivity index (χ4v) is 4.13. The molecule has 1 saturated heterocycles. The third-order valence-corrected chi connectivity index (χ3v) is 5.70. The third kappa shape index (κ3) is 3.40. The molecular formula is C21H24N6O2. The first-order chi connectivity index (χ1) is 14.2. The van der Waals surface area contributed by atoms with Gasteiger partial charge in [-0.05, 0) is 24.1 Å². The SMILES string of the molecule is Cn1cc(-c2ccc(Nc3nn([C@H]4CCOC4)c4c3CN(C=O)CC4)cc2)cn1. The second kappa shape index (κ2) is 7.36. The number of anilines is 2. The van der Waals surface area contributed by atoms with Crippen molar-refractivity contribution >= 4 is 17.9 Å². The van der Waals surface area contributed by atoms with Crippen LogP contribution >= 0.6 is 0 Å². The van der Waals surface area contributed by atoms with Crippen molar-refractivity contribution in [2.24, 2.45) is 7.05 Å². The summed E-state index contributed by atoms with van der Waals surface area (Å²) in [6, 6.07) is 8.52. The molecule has 1 aromatic carbocycles. The van der Waals surface area contributed by atoms with Crippen LogP contribution in [0.5, 0.6) is 0 Å². The van der Waals surface area contributed by atoms with E-state index in [2.05, 4.69) is 27.2 Å². The van der Waals surface area contributed by atoms with Crippen LogP contribution < -0.4 is 5.32 Å². The zero-order valence-corrected chi connectivity index (χ0v) is 16.4. The number of nitrogens with one attached hydrogen (secondary N) is 1. The van der Waals surface area contributed by atoms with Crippen molar-refractivity contribution in [3.05, 3.63) is 47.9 Å². The summed E-state index contributed by atoms with van der Waals surface area (Å²) in [4.78, 5) is 13.1. The number of aromatic nitrogens is 4. The first-order valence-electron chi connectivity index (χ1n) is 9.95. The molecule has 29 heavy (non-hydrogen) atoms. The number of nitrogens with zero attached hydrogens (tertiary/aromatic N) is 5. The van der Waals surface area contributed by atoms with E-state index in [0.717, 1.165) is 60.6 Å². The van der Waals surface area contributed by atoms with E-state index in [4.69, 9.17) is 9.84 Å². The van der Waals surface area contributed by atoms with Crippen molar-refractivity contribution < 1.29 is 9.53 Å². The van der Waals surface area contributed by atoms with Gasteiger partial charge in [0.05, 0.1) is 25.4 Å². The number of rotatable bonds is 5. The molecule has 150 valence electrons. The molecule has 0 unspecified atom stereocenters. The molecule has 1 amide bonds. The van der Waals surface area contributed by atoms with Crippen molar-refractivity contribution in [1.29, 1.82) is 0 Å². The van der Waals surface area contributed by atoms with Crippen LogP contribution in [0.4, 0.5) is 11.5 Å². The summed E-state index contributed by atoms with van der Waals surface area (Å²) in [5.41, 5.74) is 5.49. The first-order valence-corrected chi connectivity index (χ1v) is 9.95. The Hall–Kier alpha value is -3.13. The Balaban J connectivity index is 1.43. The summed E-state index contributed by atoms with van der Waals surface area (Å²) < 4.78 is 9.49. The number of hydrogen-bond donors (Lipinski definition) is 1. The molecule has 5 rings (SSSR count). The quantitative estimate of drug-likeness (QED) is 0.675. The Morgan fingerprint density at radius 3 is 2.79 bits per heavy atom. The zero-order valence-electron chi connectivity index (χ0n) is 16.4. The molecule has 0 spiro atoms. The summed E-state index contributed by atoms with van der Waals surface area (Å²) in [6.07, 6.45) is 6.58. The molecule has 0 radical (unpaired) electrons. The summed E-state index contributed by atoms with van der Waals surface area (Å²) in [5.74, 6) is 0.826. The lowest BCUT2D eigenvalue weighted by atomic mass is 10.1. The second-order valence-corrected chi connectivity index (χ2v) is 7.67. The van der Waals surface area contributed by atoms with E-state index >= 15 is 0 Å². The van der Waals surface area contributed by atoms with Crippen LogP contribution in [-0.2, 0) is 29.5 Å². The number of benzene rings is 1. The van der Waals surface area contributed by atoms with E-state index in [0.29, 0.717) is 13.2 Å². The van der Waals surface area contributed by atoms with Crippen LogP contribution in [0.2, 0.25) is 0 Å². The van der Waals surface area contributed by atoms with Crippen LogP contribution in [0.1, 0.15) is 23.7 Å². The maximum absolute atomic E-state index is 11.3. The zero-order chi connectivity index (χ0) is 19.8. The minimum Gasteiger partial charge on any atom is -0.379 e. The number of amides is 1. The highest BCUT2D eigenvalue weighted by molar-refractivity contribution is 5.68. The van der Waals surface area contributed by atoms with Crippen molar-refractivity contribution in [3.8, 4) is 11.1 Å². The van der Waals surface area contributed by atoms with Crippen molar-refractivity contribution in [2.45, 2.75) is 25.4 Å². The van der Waals surface area contributed by atoms with E-state index in [-0.39, 0.29) is 6.04 Å². The number of fused-ring (bicyclic) bond motifs is 1. The van der Waals surface area contributed by atoms with Gasteiger partial charge in [0.2, 0.25) is 6.41 Å². The standard InChI is InChI=1S/C21H24N6O2/c1-25-11-16(10-22-25)15-2-4-17(5-3-15)23-21-19-12-26(14-28)8-6-20(19)27(24-21)18-7-9-29-13-18/h2-5,10-11,14,18H,6-9,12-13H2,1H3,(H,23,24)/t18-/m0/s1. The molecule has 2 aromatic heterocycles. The molecule has 1 fully saturated rings. The predicted molar refractivity (Wildman–Crippen MR) is 109 cm³/mol. The largest absolute Gasteiger partial charge is 0.379 e. The Morgan fingerprint density at radius 1 is 1.24 bits per heavy atom. The average molecular weight is 392 g/mol. The highest BCUT2D eigenvalue weighted by atomic mass is 16.5. The minimum atomic E-state index is 0.273. The number of ether oxygens (including phenoxy) is 1. The Labute approximate surface area is 169 Å². The maximum atomic E-state index is 11.3. The number of carbonyl (C=O) groups is 1. The molecule has 0 aliphatic carbocycles. The highest BCUT2D eigenvalue weighted by Gasteiger charge is 2.29. The van der Waals surface area contributed by atoms with Gasteiger partial charge in [-0.1, -0.05) is 12.1 Å². The average Bonchev–Trinajstić information content (AvgIpc) is 3.49. The minimum absolute atomic E-state index is 0.273. The van der Waals surface area contributed by atoms with Crippen LogP contribution in [-0.4, -0.2) is 50.6 Å². The summed E-state index contributed by atoms with van der Waals surface area (Å²) >= 11 is 0. The van der Waals surface area contributed by atoms with Gasteiger partial charge in [-0.25, -0.2) is 0 Å². The lowest BCUT2D eigenvalue weighted by molar-refractivity contribution is -0.118. The highest BCUT2D eigenvalue weighted by Crippen LogP contribution is 2.32. The molecule has 2 aliphatic heterocycles. The number of aryl methyl sites for hydroxylation is 1. The Kier molecular flexibility index (Phi) is 4.55. The topological polar surface area (TPSA) is 77.2 Å². The molecule has 8 heteroatoms. The molecule has 8 nitrogen and oxygen atoms in total. The molecule has 0 bridgehead atoms. The monoisotopic (exact) mass is 392 g/mol. The van der Waals surface area contributed by atoms with Crippen LogP contribution in [0, 0.1) is 0 Å². The van der Waals surface area contributed by atoms with Gasteiger partial charge in [-0.3, -0.25) is 14.2 Å². The summed E-state index contributed by atoms with van der Waals surface area (Å²) in [7, 11) is 1.91. The van der Waals surface area contributed by atoms with E-state index < -0.39 is 0 Å². The fourth-order valence-electron chi connectivity index (χ4n) is 4.13. The Bertz CT molecular complexity index is 1020. The molecule has 2 aliphatic rings. The smallest absolute Gasteiger partial charge is 0.210 e. The predicted octanol–water partition coefficient (Wildman–Crippen LogP) is 2.50. The Morgan fingerprint density at radius 2 is 2.10 bits per heavy atom. The summed E-state index contributed by atoms with van der Waals surface area (Å²) in [6.45, 7) is 2.79. The van der Waals surface area contributed by atoms with E-state index in [1.54, 1.807) is 9.58 Å². The van der Waals surface area contributed by atoms with Crippen molar-refractivity contribution in [1.82, 2.24) is 24.5 Å².